The summed E-state index contributed by atoms with van der Waals surface area (Å²) < 4.78 is 34.8. The van der Waals surface area contributed by atoms with Crippen LogP contribution in [0.5, 0.6) is 0 Å². The van der Waals surface area contributed by atoms with E-state index in [0.717, 1.165) is 12.2 Å². The molecule has 2 aliphatic heterocycles. The Bertz CT molecular complexity index is 677. The summed E-state index contributed by atoms with van der Waals surface area (Å²) in [4.78, 5) is 24.9. The van der Waals surface area contributed by atoms with Gasteiger partial charge in [0.15, 0.2) is 0 Å². The number of aliphatic hydroxyl groups excluding tert-OH is 1. The fraction of sp³-hybridized carbons (Fsp3) is 0.800. The molecular weight excluding hydrogens is 382 g/mol. The summed E-state index contributed by atoms with van der Waals surface area (Å²) in [6, 6.07) is -0.242. The highest BCUT2D eigenvalue weighted by Gasteiger charge is 2.42. The first-order chi connectivity index (χ1) is 11.8. The standard InChI is InChI=1S/C15H28N2O7P2/c1-10-7-17(15(19)16(3)11(10)2)14-6-12(18)13(24-14)8-23-26(5,22)9-25(4,20)21/h7,11-14,18H,6,8-9H2,1-5H3,(H,20,21)/t11?,12?,13-,14-,26?/m1/s1. The number of aliphatic hydroxyl groups is 1. The van der Waals surface area contributed by atoms with E-state index in [0.29, 0.717) is 0 Å². The third-order valence-corrected chi connectivity index (χ3v) is 9.50. The normalized spacial score (nSPS) is 34.4. The van der Waals surface area contributed by atoms with E-state index in [-0.39, 0.29) is 25.1 Å². The summed E-state index contributed by atoms with van der Waals surface area (Å²) in [5, 5.41) is 10.2. The van der Waals surface area contributed by atoms with Gasteiger partial charge in [-0.1, -0.05) is 0 Å². The van der Waals surface area contributed by atoms with Crippen molar-refractivity contribution in [2.75, 3.05) is 32.9 Å². The van der Waals surface area contributed by atoms with Gasteiger partial charge in [0, 0.05) is 33.0 Å². The van der Waals surface area contributed by atoms with E-state index >= 15 is 0 Å². The Hall–Kier alpha value is -0.690. The number of ether oxygens (including phenoxy) is 1. The number of hydrogen-bond acceptors (Lipinski definition) is 6. The second-order valence-corrected chi connectivity index (χ2v) is 12.8. The maximum Gasteiger partial charge on any atom is 0.326 e. The lowest BCUT2D eigenvalue weighted by molar-refractivity contribution is -0.0534. The molecule has 0 aromatic heterocycles. The van der Waals surface area contributed by atoms with Crippen molar-refractivity contribution >= 4 is 20.8 Å². The van der Waals surface area contributed by atoms with Gasteiger partial charge in [0.05, 0.1) is 18.8 Å². The third kappa shape index (κ3) is 5.18. The van der Waals surface area contributed by atoms with Crippen molar-refractivity contribution in [3.8, 4) is 0 Å². The summed E-state index contributed by atoms with van der Waals surface area (Å²) in [5.41, 5.74) is 0.990. The van der Waals surface area contributed by atoms with Gasteiger partial charge in [0.25, 0.3) is 0 Å². The van der Waals surface area contributed by atoms with Crippen LogP contribution in [0.2, 0.25) is 0 Å². The summed E-state index contributed by atoms with van der Waals surface area (Å²) in [6.45, 7) is 6.07. The lowest BCUT2D eigenvalue weighted by Crippen LogP contribution is -2.51. The van der Waals surface area contributed by atoms with Crippen LogP contribution >= 0.6 is 14.7 Å². The molecule has 0 aliphatic carbocycles. The first-order valence-corrected chi connectivity index (χ1v) is 12.9. The Labute approximate surface area is 153 Å². The molecule has 1 saturated heterocycles. The molecule has 0 spiro atoms. The van der Waals surface area contributed by atoms with Gasteiger partial charge in [0.2, 0.25) is 14.7 Å². The quantitative estimate of drug-likeness (QED) is 0.643. The number of carbonyl (C=O) groups is 1. The third-order valence-electron chi connectivity index (χ3n) is 4.65. The number of carbonyl (C=O) groups excluding carboxylic acids is 1. The topological polar surface area (TPSA) is 117 Å². The fourth-order valence-electron chi connectivity index (χ4n) is 3.03. The molecule has 0 radical (unpaired) electrons. The molecule has 2 N–H and O–H groups in total. The fourth-order valence-corrected chi connectivity index (χ4v) is 7.63. The molecule has 26 heavy (non-hydrogen) atoms. The summed E-state index contributed by atoms with van der Waals surface area (Å²) in [7, 11) is -5.07. The van der Waals surface area contributed by atoms with Crippen LogP contribution in [0.25, 0.3) is 0 Å². The predicted molar refractivity (Wildman–Crippen MR) is 97.6 cm³/mol. The van der Waals surface area contributed by atoms with Gasteiger partial charge >= 0.3 is 6.03 Å². The molecule has 2 heterocycles. The summed E-state index contributed by atoms with van der Waals surface area (Å²) >= 11 is 0. The Morgan fingerprint density at radius 2 is 2.00 bits per heavy atom. The zero-order valence-electron chi connectivity index (χ0n) is 15.7. The van der Waals surface area contributed by atoms with E-state index in [1.54, 1.807) is 18.1 Å². The number of nitrogens with zero attached hydrogens (tertiary/aromatic N) is 2. The van der Waals surface area contributed by atoms with Crippen molar-refractivity contribution in [1.29, 1.82) is 0 Å². The molecule has 2 aliphatic rings. The number of likely N-dealkylation sites (N-methyl/N-ethyl adjacent to an activating group) is 1. The van der Waals surface area contributed by atoms with Crippen LogP contribution in [0.1, 0.15) is 20.3 Å². The first-order valence-electron chi connectivity index (χ1n) is 8.38. The SMILES string of the molecule is CC1=CN([C@H]2CC(O)[C@@H](COP(C)(=O)CP(C)(=O)O)O2)C(=O)N(C)C1C. The molecule has 9 nitrogen and oxygen atoms in total. The monoisotopic (exact) mass is 410 g/mol. The van der Waals surface area contributed by atoms with Crippen molar-refractivity contribution in [1.82, 2.24) is 9.80 Å². The van der Waals surface area contributed by atoms with E-state index in [1.165, 1.54) is 11.6 Å². The molecule has 0 aromatic carbocycles. The second kappa shape index (κ2) is 7.74. The highest BCUT2D eigenvalue weighted by atomic mass is 31.2. The highest BCUT2D eigenvalue weighted by Crippen LogP contribution is 2.56. The van der Waals surface area contributed by atoms with Gasteiger partial charge in [-0.05, 0) is 19.4 Å². The molecule has 4 unspecified atom stereocenters. The molecule has 1 fully saturated rings. The number of rotatable bonds is 6. The highest BCUT2D eigenvalue weighted by molar-refractivity contribution is 7.74. The number of hydrogen-bond donors (Lipinski definition) is 2. The molecule has 2 rings (SSSR count). The van der Waals surface area contributed by atoms with Crippen LogP contribution in [0.3, 0.4) is 0 Å². The van der Waals surface area contributed by atoms with Crippen molar-refractivity contribution in [3.63, 3.8) is 0 Å². The Balaban J connectivity index is 2.00. The molecule has 2 amide bonds. The van der Waals surface area contributed by atoms with Crippen LogP contribution in [0, 0.1) is 0 Å². The average molecular weight is 410 g/mol. The Morgan fingerprint density at radius 1 is 1.38 bits per heavy atom. The van der Waals surface area contributed by atoms with Crippen molar-refractivity contribution in [2.24, 2.45) is 0 Å². The lowest BCUT2D eigenvalue weighted by atomic mass is 10.1. The smallest absolute Gasteiger partial charge is 0.326 e. The van der Waals surface area contributed by atoms with Gasteiger partial charge in [-0.15, -0.1) is 0 Å². The van der Waals surface area contributed by atoms with Crippen molar-refractivity contribution in [3.05, 3.63) is 11.8 Å². The number of amides is 2. The average Bonchev–Trinajstić information content (AvgIpc) is 2.85. The zero-order valence-corrected chi connectivity index (χ0v) is 17.5. The maximum absolute atomic E-state index is 12.5. The first kappa shape index (κ1) is 21.6. The van der Waals surface area contributed by atoms with Crippen LogP contribution in [0.15, 0.2) is 11.8 Å². The summed E-state index contributed by atoms with van der Waals surface area (Å²) in [5.74, 6) is -0.429. The largest absolute Gasteiger partial charge is 0.390 e. The van der Waals surface area contributed by atoms with Gasteiger partial charge in [-0.3, -0.25) is 14.0 Å². The van der Waals surface area contributed by atoms with Gasteiger partial charge in [-0.2, -0.15) is 0 Å². The van der Waals surface area contributed by atoms with Gasteiger partial charge in [0.1, 0.15) is 18.2 Å². The maximum atomic E-state index is 12.5. The molecule has 0 bridgehead atoms. The Morgan fingerprint density at radius 3 is 2.58 bits per heavy atom. The Kier molecular flexibility index (Phi) is 6.43. The van der Waals surface area contributed by atoms with E-state index in [4.69, 9.17) is 9.26 Å². The van der Waals surface area contributed by atoms with Crippen LogP contribution < -0.4 is 0 Å². The summed E-state index contributed by atoms with van der Waals surface area (Å²) in [6.07, 6.45) is -0.394. The number of urea groups is 1. The van der Waals surface area contributed by atoms with Gasteiger partial charge in [-0.25, -0.2) is 4.79 Å². The van der Waals surface area contributed by atoms with E-state index in [9.17, 15) is 23.9 Å². The zero-order chi connectivity index (χ0) is 19.9. The van der Waals surface area contributed by atoms with Crippen LogP contribution in [-0.4, -0.2) is 83.2 Å². The lowest BCUT2D eigenvalue weighted by Gasteiger charge is -2.38. The minimum absolute atomic E-state index is 0.0154. The minimum Gasteiger partial charge on any atom is -0.390 e. The van der Waals surface area contributed by atoms with Crippen LogP contribution in [0.4, 0.5) is 4.79 Å². The van der Waals surface area contributed by atoms with E-state index in [1.807, 2.05) is 13.8 Å². The van der Waals surface area contributed by atoms with Crippen LogP contribution in [-0.2, 0) is 18.4 Å². The van der Waals surface area contributed by atoms with Crippen molar-refractivity contribution in [2.45, 2.75) is 44.7 Å². The molecule has 6 atom stereocenters. The second-order valence-electron chi connectivity index (χ2n) is 7.28. The molecular formula is C15H28N2O7P2. The molecule has 0 saturated carbocycles. The van der Waals surface area contributed by atoms with Gasteiger partial charge < -0.3 is 24.2 Å². The van der Waals surface area contributed by atoms with E-state index in [2.05, 4.69) is 0 Å². The predicted octanol–water partition coefficient (Wildman–Crippen LogP) is 1.90. The minimum atomic E-state index is -3.48. The molecule has 0 aromatic rings. The van der Waals surface area contributed by atoms with Crippen molar-refractivity contribution < 1.29 is 33.2 Å². The van der Waals surface area contributed by atoms with E-state index < -0.39 is 39.1 Å². The molecule has 11 heteroatoms. The molecule has 150 valence electrons.